The number of allylic oxidation sites excluding steroid dienone is 3. The summed E-state index contributed by atoms with van der Waals surface area (Å²) in [6.45, 7) is 12.2. The van der Waals surface area contributed by atoms with Crippen LogP contribution in [0.2, 0.25) is 5.02 Å². The Bertz CT molecular complexity index is 842. The molecular formula is C25H33ClF6O2. The van der Waals surface area contributed by atoms with E-state index >= 15 is 0 Å². The molecule has 0 fully saturated rings. The molecule has 0 aromatic heterocycles. The first kappa shape index (κ1) is 36.0. The van der Waals surface area contributed by atoms with E-state index in [4.69, 9.17) is 16.3 Å². The van der Waals surface area contributed by atoms with Crippen molar-refractivity contribution in [2.24, 2.45) is 0 Å². The molecule has 0 amide bonds. The number of ether oxygens (including phenoxy) is 1. The van der Waals surface area contributed by atoms with Gasteiger partial charge in [0, 0.05) is 11.6 Å². The molecule has 0 heterocycles. The number of aromatic hydroxyl groups is 1. The van der Waals surface area contributed by atoms with E-state index in [0.29, 0.717) is 10.6 Å². The monoisotopic (exact) mass is 514 g/mol. The molecule has 0 saturated carbocycles. The molecule has 2 nitrogen and oxygen atoms in total. The van der Waals surface area contributed by atoms with E-state index in [2.05, 4.69) is 6.58 Å². The van der Waals surface area contributed by atoms with Gasteiger partial charge in [-0.05, 0) is 36.8 Å². The zero-order valence-electron chi connectivity index (χ0n) is 19.1. The molecule has 2 aromatic carbocycles. The van der Waals surface area contributed by atoms with Crippen molar-refractivity contribution in [1.82, 2.24) is 0 Å². The van der Waals surface area contributed by atoms with Crippen molar-refractivity contribution in [2.45, 2.75) is 61.0 Å². The van der Waals surface area contributed by atoms with Crippen LogP contribution < -0.4 is 4.74 Å². The molecule has 1 N–H and O–H groups in total. The molecule has 2 rings (SSSR count). The van der Waals surface area contributed by atoms with Gasteiger partial charge in [-0.3, -0.25) is 0 Å². The quantitative estimate of drug-likeness (QED) is 0.325. The summed E-state index contributed by atoms with van der Waals surface area (Å²) in [6, 6.07) is 8.86. The van der Waals surface area contributed by atoms with Gasteiger partial charge in [-0.2, -0.15) is 26.3 Å². The summed E-state index contributed by atoms with van der Waals surface area (Å²) >= 11 is 5.86. The number of phenols is 1. The number of benzene rings is 2. The molecule has 0 aliphatic rings. The minimum atomic E-state index is -4.35. The number of hydrogen-bond acceptors (Lipinski definition) is 2. The molecule has 194 valence electrons. The molecule has 34 heavy (non-hydrogen) atoms. The molecule has 9 heteroatoms. The number of hydrogen-bond donors (Lipinski definition) is 1. The minimum absolute atomic E-state index is 0. The Morgan fingerprint density at radius 3 is 1.85 bits per heavy atom. The lowest BCUT2D eigenvalue weighted by Crippen LogP contribution is -2.08. The number of halogens is 7. The molecule has 0 atom stereocenters. The van der Waals surface area contributed by atoms with E-state index in [1.165, 1.54) is 30.3 Å². The van der Waals surface area contributed by atoms with E-state index < -0.39 is 23.5 Å². The summed E-state index contributed by atoms with van der Waals surface area (Å²) in [5.74, 6) is 0.267. The van der Waals surface area contributed by atoms with E-state index in [1.807, 2.05) is 27.7 Å². The number of rotatable bonds is 4. The molecule has 0 unspecified atom stereocenters. The van der Waals surface area contributed by atoms with Crippen molar-refractivity contribution in [3.8, 4) is 11.5 Å². The maximum atomic E-state index is 12.4. The summed E-state index contributed by atoms with van der Waals surface area (Å²) in [4.78, 5) is 0. The van der Waals surface area contributed by atoms with Gasteiger partial charge in [-0.25, -0.2) is 0 Å². The van der Waals surface area contributed by atoms with Crippen molar-refractivity contribution in [2.75, 3.05) is 0 Å². The van der Waals surface area contributed by atoms with Crippen LogP contribution >= 0.6 is 11.6 Å². The van der Waals surface area contributed by atoms with Crippen LogP contribution in [0.1, 0.15) is 53.2 Å². The predicted octanol–water partition coefficient (Wildman–Crippen LogP) is 10.0. The second-order valence-electron chi connectivity index (χ2n) is 5.68. The highest BCUT2D eigenvalue weighted by atomic mass is 35.5. The molecular weight excluding hydrogens is 482 g/mol. The van der Waals surface area contributed by atoms with E-state index in [-0.39, 0.29) is 25.5 Å². The van der Waals surface area contributed by atoms with Crippen LogP contribution in [0.5, 0.6) is 11.5 Å². The lowest BCUT2D eigenvalue weighted by molar-refractivity contribution is -0.137. The maximum Gasteiger partial charge on any atom is 0.416 e. The van der Waals surface area contributed by atoms with Crippen LogP contribution in [0.25, 0.3) is 0 Å². The summed E-state index contributed by atoms with van der Waals surface area (Å²) in [7, 11) is 0. The normalized spacial score (nSPS) is 10.6. The third-order valence-corrected chi connectivity index (χ3v) is 3.72. The Morgan fingerprint density at radius 2 is 1.47 bits per heavy atom. The Kier molecular flexibility index (Phi) is 18.8. The summed E-state index contributed by atoms with van der Waals surface area (Å²) in [5.41, 5.74) is -0.772. The van der Waals surface area contributed by atoms with Gasteiger partial charge in [0.2, 0.25) is 0 Å². The van der Waals surface area contributed by atoms with E-state index in [0.717, 1.165) is 31.2 Å². The fourth-order valence-electron chi connectivity index (χ4n) is 1.82. The van der Waals surface area contributed by atoms with Gasteiger partial charge in [0.05, 0.1) is 10.6 Å². The molecule has 2 aromatic rings. The second-order valence-corrected chi connectivity index (χ2v) is 6.09. The smallest absolute Gasteiger partial charge is 0.416 e. The van der Waals surface area contributed by atoms with Gasteiger partial charge in [0.1, 0.15) is 18.1 Å². The largest absolute Gasteiger partial charge is 0.508 e. The van der Waals surface area contributed by atoms with Crippen LogP contribution in [0.4, 0.5) is 26.3 Å². The van der Waals surface area contributed by atoms with Crippen LogP contribution in [0.3, 0.4) is 0 Å². The lowest BCUT2D eigenvalue weighted by atomic mass is 10.1. The molecule has 0 aliphatic carbocycles. The minimum Gasteiger partial charge on any atom is -0.508 e. The van der Waals surface area contributed by atoms with E-state index in [1.54, 1.807) is 0 Å². The Balaban J connectivity index is -0.000000584. The van der Waals surface area contributed by atoms with Crippen molar-refractivity contribution in [3.63, 3.8) is 0 Å². The molecule has 0 radical (unpaired) electrons. The molecule has 0 spiro atoms. The predicted molar refractivity (Wildman–Crippen MR) is 128 cm³/mol. The van der Waals surface area contributed by atoms with Gasteiger partial charge < -0.3 is 9.84 Å². The van der Waals surface area contributed by atoms with Gasteiger partial charge >= 0.3 is 12.4 Å². The molecule has 0 bridgehead atoms. The average Bonchev–Trinajstić information content (AvgIpc) is 2.77. The fourth-order valence-corrected chi connectivity index (χ4v) is 2.00. The van der Waals surface area contributed by atoms with Crippen molar-refractivity contribution >= 4 is 11.6 Å². The zero-order valence-corrected chi connectivity index (χ0v) is 19.9. The fraction of sp³-hybridized carbons (Fsp3) is 0.360. The lowest BCUT2D eigenvalue weighted by Gasteiger charge is -2.10. The highest BCUT2D eigenvalue weighted by molar-refractivity contribution is 6.32. The highest BCUT2D eigenvalue weighted by Crippen LogP contribution is 2.31. The second kappa shape index (κ2) is 17.8. The first-order chi connectivity index (χ1) is 15.3. The highest BCUT2D eigenvalue weighted by Gasteiger charge is 2.30. The zero-order chi connectivity index (χ0) is 26.2. The summed E-state index contributed by atoms with van der Waals surface area (Å²) in [5, 5.41) is 9.61. The first-order valence-corrected chi connectivity index (χ1v) is 10.4. The SMILES string of the molecule is C.C=C/C=C(\C)C(F)(F)F.CC.CC.Oc1ccc(Cl)c(OCc2ccc(C(F)(F)F)cc2)c1. The van der Waals surface area contributed by atoms with Crippen molar-refractivity contribution in [1.29, 1.82) is 0 Å². The number of phenolic OH excluding ortho intramolecular Hbond substituents is 1. The third-order valence-electron chi connectivity index (χ3n) is 3.41. The average molecular weight is 515 g/mol. The molecule has 0 aliphatic heterocycles. The van der Waals surface area contributed by atoms with Crippen LogP contribution in [0.15, 0.2) is 66.8 Å². The van der Waals surface area contributed by atoms with Gasteiger partial charge in [0.15, 0.2) is 0 Å². The number of alkyl halides is 6. The third kappa shape index (κ3) is 14.5. The molecule has 0 saturated heterocycles. The summed E-state index contributed by atoms with van der Waals surface area (Å²) in [6.07, 6.45) is -6.51. The van der Waals surface area contributed by atoms with Crippen molar-refractivity contribution in [3.05, 3.63) is 82.9 Å². The van der Waals surface area contributed by atoms with Crippen LogP contribution in [0, 0.1) is 0 Å². The van der Waals surface area contributed by atoms with Gasteiger partial charge in [-0.15, -0.1) is 0 Å². The van der Waals surface area contributed by atoms with Crippen LogP contribution in [-0.4, -0.2) is 11.3 Å². The Hall–Kier alpha value is -2.61. The Morgan fingerprint density at radius 1 is 0.971 bits per heavy atom. The van der Waals surface area contributed by atoms with Gasteiger partial charge in [0.25, 0.3) is 0 Å². The van der Waals surface area contributed by atoms with Gasteiger partial charge in [-0.1, -0.05) is 77.6 Å². The summed E-state index contributed by atoms with van der Waals surface area (Å²) < 4.78 is 77.1. The standard InChI is InChI=1S/C14H10ClF3O2.C6H7F3.2C2H6.CH4/c15-12-6-5-11(19)7-13(12)20-8-9-1-3-10(4-2-9)14(16,17)18;1-3-4-5(2)6(7,8)9;2*1-2;/h1-7,19H,8H2;3-4H,1H2,2H3;2*1-2H3;1H4/b;5-4+;;;. The van der Waals surface area contributed by atoms with Crippen LogP contribution in [-0.2, 0) is 12.8 Å². The van der Waals surface area contributed by atoms with Crippen molar-refractivity contribution < 1.29 is 36.2 Å². The first-order valence-electron chi connectivity index (χ1n) is 9.98. The topological polar surface area (TPSA) is 29.5 Å². The maximum absolute atomic E-state index is 12.4. The van der Waals surface area contributed by atoms with E-state index in [9.17, 15) is 31.4 Å². The Labute approximate surface area is 203 Å².